The molecule has 1 aromatic carbocycles. The Hall–Kier alpha value is -2.42. The van der Waals surface area contributed by atoms with Gasteiger partial charge in [-0.25, -0.2) is 0 Å². The van der Waals surface area contributed by atoms with E-state index in [2.05, 4.69) is 88.7 Å². The van der Waals surface area contributed by atoms with E-state index in [4.69, 9.17) is 0 Å². The second kappa shape index (κ2) is 7.90. The monoisotopic (exact) mass is 368 g/mol. The fourth-order valence-corrected chi connectivity index (χ4v) is 4.84. The number of rotatable bonds is 3. The summed E-state index contributed by atoms with van der Waals surface area (Å²) < 4.78 is 0. The lowest BCUT2D eigenvalue weighted by atomic mass is 10.0. The molecule has 142 valence electrons. The van der Waals surface area contributed by atoms with Gasteiger partial charge in [-0.15, -0.1) is 0 Å². The second-order valence-corrected chi connectivity index (χ2v) is 8.02. The maximum atomic E-state index is 2.69. The normalized spacial score (nSPS) is 24.7. The minimum atomic E-state index is 0.410. The first kappa shape index (κ1) is 17.7. The van der Waals surface area contributed by atoms with E-state index in [0.717, 1.165) is 45.6 Å². The van der Waals surface area contributed by atoms with Crippen LogP contribution in [0.3, 0.4) is 0 Å². The van der Waals surface area contributed by atoms with E-state index >= 15 is 0 Å². The van der Waals surface area contributed by atoms with Gasteiger partial charge in [0.1, 0.15) is 0 Å². The molecular formula is C26H28N2. The number of nitrogens with zero attached hydrogens (tertiary/aromatic N) is 2. The highest BCUT2D eigenvalue weighted by Gasteiger charge is 2.34. The highest BCUT2D eigenvalue weighted by Crippen LogP contribution is 2.45. The maximum absolute atomic E-state index is 2.69. The van der Waals surface area contributed by atoms with Gasteiger partial charge in [-0.05, 0) is 40.7 Å². The molecule has 2 nitrogen and oxygen atoms in total. The van der Waals surface area contributed by atoms with Crippen LogP contribution >= 0.6 is 0 Å². The van der Waals surface area contributed by atoms with Crippen molar-refractivity contribution in [1.82, 2.24) is 9.80 Å². The zero-order chi connectivity index (χ0) is 18.8. The third-order valence-electron chi connectivity index (χ3n) is 6.23. The standard InChI is InChI=1S/C26H28N2/c1-2-5-11-21(10-4-1)20-27-16-18-28(19-17-27)26-24-14-7-3-6-12-22(24)23-13-8-9-15-25(23)26/h1,4-15,26H,2-3,16-20H2. The summed E-state index contributed by atoms with van der Waals surface area (Å²) in [7, 11) is 0. The quantitative estimate of drug-likeness (QED) is 0.735. The van der Waals surface area contributed by atoms with Crippen LogP contribution in [0.4, 0.5) is 0 Å². The van der Waals surface area contributed by atoms with E-state index in [1.54, 1.807) is 0 Å². The molecule has 1 saturated heterocycles. The van der Waals surface area contributed by atoms with Crippen molar-refractivity contribution in [2.75, 3.05) is 32.7 Å². The van der Waals surface area contributed by atoms with Gasteiger partial charge < -0.3 is 0 Å². The van der Waals surface area contributed by atoms with E-state index < -0.39 is 0 Å². The van der Waals surface area contributed by atoms with Crippen LogP contribution in [-0.2, 0) is 0 Å². The van der Waals surface area contributed by atoms with Crippen molar-refractivity contribution in [3.8, 4) is 0 Å². The maximum Gasteiger partial charge on any atom is 0.0614 e. The summed E-state index contributed by atoms with van der Waals surface area (Å²) in [5.41, 5.74) is 7.25. The summed E-state index contributed by atoms with van der Waals surface area (Å²) in [6, 6.07) is 9.40. The van der Waals surface area contributed by atoms with Crippen molar-refractivity contribution in [2.45, 2.75) is 18.9 Å². The second-order valence-electron chi connectivity index (χ2n) is 8.02. The van der Waals surface area contributed by atoms with Crippen molar-refractivity contribution in [2.24, 2.45) is 0 Å². The number of fused-ring (bicyclic) bond motifs is 2. The van der Waals surface area contributed by atoms with Gasteiger partial charge in [-0.2, -0.15) is 0 Å². The van der Waals surface area contributed by atoms with Gasteiger partial charge >= 0.3 is 0 Å². The summed E-state index contributed by atoms with van der Waals surface area (Å²) in [6.07, 6.45) is 22.6. The van der Waals surface area contributed by atoms with E-state index in [-0.39, 0.29) is 0 Å². The highest BCUT2D eigenvalue weighted by molar-refractivity contribution is 5.86. The Balaban J connectivity index is 1.33. The molecule has 0 radical (unpaired) electrons. The van der Waals surface area contributed by atoms with Gasteiger partial charge in [-0.3, -0.25) is 9.80 Å². The molecule has 0 N–H and O–H groups in total. The molecule has 0 spiro atoms. The molecule has 1 fully saturated rings. The summed E-state index contributed by atoms with van der Waals surface area (Å²) in [5.74, 6) is 0. The number of piperazine rings is 1. The minimum absolute atomic E-state index is 0.410. The first-order valence-electron chi connectivity index (χ1n) is 10.6. The molecule has 1 aromatic rings. The lowest BCUT2D eigenvalue weighted by Crippen LogP contribution is -2.48. The summed E-state index contributed by atoms with van der Waals surface area (Å²) in [6.45, 7) is 5.58. The summed E-state index contributed by atoms with van der Waals surface area (Å²) in [5, 5.41) is 0. The van der Waals surface area contributed by atoms with Gasteiger partial charge in [0.15, 0.2) is 0 Å². The molecule has 3 aliphatic carbocycles. The fraction of sp³-hybridized carbons (Fsp3) is 0.308. The fourth-order valence-electron chi connectivity index (χ4n) is 4.84. The van der Waals surface area contributed by atoms with Crippen LogP contribution in [0.25, 0.3) is 5.57 Å². The molecule has 5 rings (SSSR count). The minimum Gasteiger partial charge on any atom is -0.297 e. The summed E-state index contributed by atoms with van der Waals surface area (Å²) >= 11 is 0. The molecule has 1 aliphatic heterocycles. The Labute approximate surface area is 168 Å². The predicted octanol–water partition coefficient (Wildman–Crippen LogP) is 5.07. The zero-order valence-electron chi connectivity index (χ0n) is 16.4. The van der Waals surface area contributed by atoms with Crippen molar-refractivity contribution in [3.63, 3.8) is 0 Å². The molecule has 0 amide bonds. The van der Waals surface area contributed by atoms with Crippen molar-refractivity contribution in [1.29, 1.82) is 0 Å². The van der Waals surface area contributed by atoms with Crippen LogP contribution in [-0.4, -0.2) is 42.5 Å². The van der Waals surface area contributed by atoms with E-state index in [1.807, 2.05) is 0 Å². The van der Waals surface area contributed by atoms with Crippen LogP contribution in [0.5, 0.6) is 0 Å². The Morgan fingerprint density at radius 3 is 2.54 bits per heavy atom. The van der Waals surface area contributed by atoms with Crippen molar-refractivity contribution >= 4 is 5.57 Å². The molecule has 1 heterocycles. The van der Waals surface area contributed by atoms with Crippen LogP contribution in [0.15, 0.2) is 90.1 Å². The summed E-state index contributed by atoms with van der Waals surface area (Å²) in [4.78, 5) is 5.29. The Morgan fingerprint density at radius 2 is 1.61 bits per heavy atom. The lowest BCUT2D eigenvalue weighted by molar-refractivity contribution is 0.117. The smallest absolute Gasteiger partial charge is 0.0614 e. The van der Waals surface area contributed by atoms with Crippen LogP contribution < -0.4 is 0 Å². The molecular weight excluding hydrogens is 340 g/mol. The van der Waals surface area contributed by atoms with Crippen molar-refractivity contribution < 1.29 is 0 Å². The third kappa shape index (κ3) is 3.39. The van der Waals surface area contributed by atoms with E-state index in [1.165, 1.54) is 27.8 Å². The Morgan fingerprint density at radius 1 is 0.821 bits per heavy atom. The first-order valence-corrected chi connectivity index (χ1v) is 10.6. The van der Waals surface area contributed by atoms with Crippen molar-refractivity contribution in [3.05, 3.63) is 101 Å². The number of allylic oxidation sites excluding steroid dienone is 8. The molecule has 28 heavy (non-hydrogen) atoms. The molecule has 0 saturated carbocycles. The number of hydrogen-bond acceptors (Lipinski definition) is 2. The molecule has 0 bridgehead atoms. The topological polar surface area (TPSA) is 6.48 Å². The van der Waals surface area contributed by atoms with Crippen LogP contribution in [0.2, 0.25) is 0 Å². The third-order valence-corrected chi connectivity index (χ3v) is 6.23. The van der Waals surface area contributed by atoms with E-state index in [9.17, 15) is 0 Å². The van der Waals surface area contributed by atoms with Gasteiger partial charge in [0.2, 0.25) is 0 Å². The van der Waals surface area contributed by atoms with Gasteiger partial charge in [0.25, 0.3) is 0 Å². The zero-order valence-corrected chi connectivity index (χ0v) is 16.4. The SMILES string of the molecule is C1=CCC=CC(CN2CCN(C3C4=C(C=CCC=C4)c4ccccc43)CC2)=C1. The molecule has 1 unspecified atom stereocenters. The lowest BCUT2D eigenvalue weighted by Gasteiger charge is -2.39. The number of hydrogen-bond donors (Lipinski definition) is 0. The molecule has 4 aliphatic rings. The predicted molar refractivity (Wildman–Crippen MR) is 118 cm³/mol. The molecule has 2 heteroatoms. The van der Waals surface area contributed by atoms with Gasteiger partial charge in [0.05, 0.1) is 6.04 Å². The molecule has 1 atom stereocenters. The first-order chi connectivity index (χ1) is 13.9. The Bertz CT molecular complexity index is 918. The number of benzene rings is 1. The van der Waals surface area contributed by atoms with Crippen LogP contribution in [0.1, 0.15) is 30.0 Å². The Kier molecular flexibility index (Phi) is 4.99. The van der Waals surface area contributed by atoms with Gasteiger partial charge in [-0.1, -0.05) is 78.9 Å². The average Bonchev–Trinajstić information content (AvgIpc) is 2.96. The van der Waals surface area contributed by atoms with E-state index in [0.29, 0.717) is 6.04 Å². The largest absolute Gasteiger partial charge is 0.297 e. The molecule has 0 aromatic heterocycles. The average molecular weight is 369 g/mol. The van der Waals surface area contributed by atoms with Crippen LogP contribution in [0, 0.1) is 0 Å². The van der Waals surface area contributed by atoms with Gasteiger partial charge in [0, 0.05) is 32.7 Å². The highest BCUT2D eigenvalue weighted by atomic mass is 15.3.